The molecule has 5 rings (SSSR count). The average Bonchev–Trinajstić information content (AvgIpc) is 2.91. The summed E-state index contributed by atoms with van der Waals surface area (Å²) in [4.78, 5) is 20.3. The lowest BCUT2D eigenvalue weighted by Crippen LogP contribution is -2.48. The highest BCUT2D eigenvalue weighted by Crippen LogP contribution is 2.25. The smallest absolute Gasteiger partial charge is 0.264 e. The SMILES string of the molecule is O=C(c1ccc(NS(=O)(=O)c2cccc3cccnc23)cc1F)N1CCN(Cc2cc(F)c(F)c(F)c2)CC1. The number of carbonyl (C=O) groups is 1. The third kappa shape index (κ3) is 5.57. The van der Waals surface area contributed by atoms with E-state index in [1.165, 1.54) is 29.3 Å². The predicted molar refractivity (Wildman–Crippen MR) is 136 cm³/mol. The van der Waals surface area contributed by atoms with E-state index in [0.29, 0.717) is 18.5 Å². The van der Waals surface area contributed by atoms with Crippen LogP contribution >= 0.6 is 0 Å². The van der Waals surface area contributed by atoms with Gasteiger partial charge < -0.3 is 4.90 Å². The Morgan fingerprint density at radius 1 is 0.872 bits per heavy atom. The Balaban J connectivity index is 1.24. The Labute approximate surface area is 221 Å². The van der Waals surface area contributed by atoms with Crippen molar-refractivity contribution in [2.45, 2.75) is 11.4 Å². The van der Waals surface area contributed by atoms with Gasteiger partial charge in [0.05, 0.1) is 16.8 Å². The molecule has 1 saturated heterocycles. The van der Waals surface area contributed by atoms with Crippen LogP contribution in [0.3, 0.4) is 0 Å². The van der Waals surface area contributed by atoms with Crippen LogP contribution in [0.2, 0.25) is 0 Å². The van der Waals surface area contributed by atoms with E-state index in [0.717, 1.165) is 18.2 Å². The van der Waals surface area contributed by atoms with E-state index in [2.05, 4.69) is 9.71 Å². The summed E-state index contributed by atoms with van der Waals surface area (Å²) in [5.74, 6) is -5.53. The van der Waals surface area contributed by atoms with Gasteiger partial charge >= 0.3 is 0 Å². The van der Waals surface area contributed by atoms with Gasteiger partial charge in [-0.3, -0.25) is 19.4 Å². The van der Waals surface area contributed by atoms with Crippen molar-refractivity contribution in [1.29, 1.82) is 0 Å². The molecule has 0 spiro atoms. The number of carbonyl (C=O) groups excluding carboxylic acids is 1. The average molecular weight is 559 g/mol. The Bertz CT molecular complexity index is 1650. The van der Waals surface area contributed by atoms with Gasteiger partial charge in [-0.05, 0) is 48.0 Å². The predicted octanol–water partition coefficient (Wildman–Crippen LogP) is 4.55. The summed E-state index contributed by atoms with van der Waals surface area (Å²) < 4.78 is 83.5. The van der Waals surface area contributed by atoms with E-state index in [1.807, 2.05) is 4.90 Å². The molecule has 1 aromatic heterocycles. The van der Waals surface area contributed by atoms with Crippen molar-refractivity contribution in [1.82, 2.24) is 14.8 Å². The third-order valence-corrected chi connectivity index (χ3v) is 7.86. The second kappa shape index (κ2) is 10.6. The van der Waals surface area contributed by atoms with Crippen LogP contribution in [0.25, 0.3) is 10.9 Å². The fourth-order valence-corrected chi connectivity index (χ4v) is 5.72. The lowest BCUT2D eigenvalue weighted by Gasteiger charge is -2.34. The van der Waals surface area contributed by atoms with Crippen molar-refractivity contribution >= 4 is 32.5 Å². The molecule has 3 aromatic carbocycles. The van der Waals surface area contributed by atoms with E-state index in [-0.39, 0.29) is 46.9 Å². The van der Waals surface area contributed by atoms with Gasteiger partial charge in [0.2, 0.25) is 0 Å². The number of para-hydroxylation sites is 1. The molecular formula is C27H22F4N4O3S. The molecule has 0 unspecified atom stereocenters. The van der Waals surface area contributed by atoms with Crippen molar-refractivity contribution in [2.24, 2.45) is 0 Å². The minimum atomic E-state index is -4.10. The summed E-state index contributed by atoms with van der Waals surface area (Å²) in [6.07, 6.45) is 1.48. The van der Waals surface area contributed by atoms with Crippen LogP contribution in [0, 0.1) is 23.3 Å². The molecule has 2 heterocycles. The van der Waals surface area contributed by atoms with E-state index >= 15 is 0 Å². The normalized spacial score (nSPS) is 14.5. The standard InChI is InChI=1S/C27H22F4N4O3S/c28-21-15-19(33-39(37,38)24-5-1-3-18-4-2-8-32-26(18)24)6-7-20(21)27(36)35-11-9-34(10-12-35)16-17-13-22(29)25(31)23(30)14-17/h1-8,13-15,33H,9-12,16H2. The molecule has 202 valence electrons. The molecule has 0 bridgehead atoms. The quantitative estimate of drug-likeness (QED) is 0.278. The van der Waals surface area contributed by atoms with Crippen LogP contribution in [-0.4, -0.2) is 55.3 Å². The molecule has 1 aliphatic heterocycles. The number of fused-ring (bicyclic) bond motifs is 1. The highest BCUT2D eigenvalue weighted by Gasteiger charge is 2.26. The molecule has 12 heteroatoms. The summed E-state index contributed by atoms with van der Waals surface area (Å²) in [5, 5.41) is 0.629. The molecule has 1 fully saturated rings. The zero-order chi connectivity index (χ0) is 27.7. The number of amides is 1. The van der Waals surface area contributed by atoms with Crippen LogP contribution in [0.1, 0.15) is 15.9 Å². The lowest BCUT2D eigenvalue weighted by molar-refractivity contribution is 0.0624. The van der Waals surface area contributed by atoms with Gasteiger partial charge in [0.15, 0.2) is 17.5 Å². The van der Waals surface area contributed by atoms with Gasteiger partial charge in [0, 0.05) is 44.3 Å². The second-order valence-electron chi connectivity index (χ2n) is 9.07. The van der Waals surface area contributed by atoms with E-state index < -0.39 is 39.2 Å². The number of nitrogens with one attached hydrogen (secondary N) is 1. The van der Waals surface area contributed by atoms with E-state index in [4.69, 9.17) is 0 Å². The summed E-state index contributed by atoms with van der Waals surface area (Å²) in [6.45, 7) is 1.32. The summed E-state index contributed by atoms with van der Waals surface area (Å²) >= 11 is 0. The Hall–Kier alpha value is -4.03. The second-order valence-corrected chi connectivity index (χ2v) is 10.7. The number of hydrogen-bond donors (Lipinski definition) is 1. The van der Waals surface area contributed by atoms with Crippen LogP contribution in [0.4, 0.5) is 23.2 Å². The molecule has 4 aromatic rings. The fraction of sp³-hybridized carbons (Fsp3) is 0.185. The first-order chi connectivity index (χ1) is 18.6. The highest BCUT2D eigenvalue weighted by molar-refractivity contribution is 7.93. The van der Waals surface area contributed by atoms with Gasteiger partial charge in [0.25, 0.3) is 15.9 Å². The number of rotatable bonds is 6. The summed E-state index contributed by atoms with van der Waals surface area (Å²) in [6, 6.07) is 13.4. The van der Waals surface area contributed by atoms with Crippen LogP contribution in [0.5, 0.6) is 0 Å². The lowest BCUT2D eigenvalue weighted by atomic mass is 10.1. The topological polar surface area (TPSA) is 82.6 Å². The van der Waals surface area contributed by atoms with Gasteiger partial charge in [0.1, 0.15) is 10.7 Å². The molecule has 0 radical (unpaired) electrons. The van der Waals surface area contributed by atoms with E-state index in [1.54, 1.807) is 24.3 Å². The molecule has 7 nitrogen and oxygen atoms in total. The summed E-state index contributed by atoms with van der Waals surface area (Å²) in [7, 11) is -4.10. The zero-order valence-corrected chi connectivity index (χ0v) is 21.2. The van der Waals surface area contributed by atoms with Crippen LogP contribution in [-0.2, 0) is 16.6 Å². The molecule has 0 atom stereocenters. The molecule has 1 aliphatic rings. The maximum Gasteiger partial charge on any atom is 0.264 e. The number of sulfonamides is 1. The number of piperazine rings is 1. The van der Waals surface area contributed by atoms with Gasteiger partial charge in [-0.25, -0.2) is 26.0 Å². The Morgan fingerprint density at radius 3 is 2.26 bits per heavy atom. The first kappa shape index (κ1) is 26.6. The van der Waals surface area contributed by atoms with Crippen molar-refractivity contribution in [2.75, 3.05) is 30.9 Å². The number of halogens is 4. The fourth-order valence-electron chi connectivity index (χ4n) is 4.49. The molecule has 1 N–H and O–H groups in total. The van der Waals surface area contributed by atoms with Crippen molar-refractivity contribution in [3.63, 3.8) is 0 Å². The summed E-state index contributed by atoms with van der Waals surface area (Å²) in [5.41, 5.74) is 0.254. The van der Waals surface area contributed by atoms with Gasteiger partial charge in [-0.15, -0.1) is 0 Å². The molecule has 1 amide bonds. The first-order valence-electron chi connectivity index (χ1n) is 11.9. The minimum absolute atomic E-state index is 0.0550. The zero-order valence-electron chi connectivity index (χ0n) is 20.4. The number of nitrogens with zero attached hydrogens (tertiary/aromatic N) is 3. The van der Waals surface area contributed by atoms with Crippen molar-refractivity contribution < 1.29 is 30.8 Å². The number of anilines is 1. The largest absolute Gasteiger partial charge is 0.336 e. The Morgan fingerprint density at radius 2 is 1.56 bits per heavy atom. The van der Waals surface area contributed by atoms with Crippen molar-refractivity contribution in [3.05, 3.63) is 101 Å². The number of benzene rings is 3. The van der Waals surface area contributed by atoms with Crippen LogP contribution in [0.15, 0.2) is 71.8 Å². The van der Waals surface area contributed by atoms with Gasteiger partial charge in [-0.1, -0.05) is 18.2 Å². The maximum absolute atomic E-state index is 15.0. The van der Waals surface area contributed by atoms with E-state index in [9.17, 15) is 30.8 Å². The number of pyridine rings is 1. The molecule has 0 aliphatic carbocycles. The Kier molecular flexibility index (Phi) is 7.23. The molecule has 0 saturated carbocycles. The third-order valence-electron chi connectivity index (χ3n) is 6.45. The number of aromatic nitrogens is 1. The maximum atomic E-state index is 15.0. The first-order valence-corrected chi connectivity index (χ1v) is 13.4. The monoisotopic (exact) mass is 558 g/mol. The highest BCUT2D eigenvalue weighted by atomic mass is 32.2. The van der Waals surface area contributed by atoms with Crippen LogP contribution < -0.4 is 4.72 Å². The minimum Gasteiger partial charge on any atom is -0.336 e. The molecule has 39 heavy (non-hydrogen) atoms. The van der Waals surface area contributed by atoms with Crippen molar-refractivity contribution in [3.8, 4) is 0 Å². The number of hydrogen-bond acceptors (Lipinski definition) is 5. The van der Waals surface area contributed by atoms with Gasteiger partial charge in [-0.2, -0.15) is 0 Å². The molecular weight excluding hydrogens is 536 g/mol.